The molecule has 6 rings (SSSR count). The molecule has 0 atom stereocenters. The molecule has 0 N–H and O–H groups in total. The molecule has 0 aliphatic carbocycles. The molecule has 3 heteroatoms. The van der Waals surface area contributed by atoms with Crippen molar-refractivity contribution in [1.82, 2.24) is 14.4 Å². The Morgan fingerprint density at radius 3 is 2.15 bits per heavy atom. The van der Waals surface area contributed by atoms with E-state index in [-0.39, 0.29) is 0 Å². The van der Waals surface area contributed by atoms with Crippen LogP contribution in [0.4, 0.5) is 0 Å². The summed E-state index contributed by atoms with van der Waals surface area (Å²) in [4.78, 5) is 9.38. The Hall–Kier alpha value is -3.72. The van der Waals surface area contributed by atoms with Gasteiger partial charge in [-0.2, -0.15) is 0 Å². The first kappa shape index (κ1) is 19.9. The van der Waals surface area contributed by atoms with Crippen molar-refractivity contribution >= 4 is 38.1 Å². The quantitative estimate of drug-likeness (QED) is 0.210. The minimum absolute atomic E-state index is 0.418. The molecule has 0 aliphatic heterocycles. The summed E-state index contributed by atoms with van der Waals surface area (Å²) in [6.07, 6.45) is 5.89. The van der Waals surface area contributed by atoms with E-state index in [0.29, 0.717) is 11.8 Å². The minimum Gasteiger partial charge on any atom is -0.292 e. The number of pyridine rings is 2. The van der Waals surface area contributed by atoms with Crippen LogP contribution in [-0.4, -0.2) is 14.4 Å². The van der Waals surface area contributed by atoms with E-state index in [1.54, 1.807) is 0 Å². The fraction of sp³-hybridized carbons (Fsp3) is 0.200. The van der Waals surface area contributed by atoms with Crippen LogP contribution in [0.15, 0.2) is 79.3 Å². The zero-order valence-corrected chi connectivity index (χ0v) is 19.5. The van der Waals surface area contributed by atoms with Gasteiger partial charge in [0.1, 0.15) is 5.65 Å². The molecule has 3 nitrogen and oxygen atoms in total. The average Bonchev–Trinajstić information content (AvgIpc) is 3.28. The number of imidazole rings is 1. The predicted molar refractivity (Wildman–Crippen MR) is 139 cm³/mol. The normalized spacial score (nSPS) is 12.2. The van der Waals surface area contributed by atoms with Gasteiger partial charge >= 0.3 is 0 Å². The van der Waals surface area contributed by atoms with Crippen molar-refractivity contribution in [2.75, 3.05) is 0 Å². The highest BCUT2D eigenvalue weighted by molar-refractivity contribution is 6.15. The van der Waals surface area contributed by atoms with Crippen LogP contribution < -0.4 is 0 Å². The highest BCUT2D eigenvalue weighted by Crippen LogP contribution is 2.40. The first-order chi connectivity index (χ1) is 16.0. The molecule has 0 unspecified atom stereocenters. The summed E-state index contributed by atoms with van der Waals surface area (Å²) in [5.41, 5.74) is 7.39. The summed E-state index contributed by atoms with van der Waals surface area (Å²) >= 11 is 0. The van der Waals surface area contributed by atoms with E-state index in [1.165, 1.54) is 43.8 Å². The number of fused-ring (bicyclic) bond motifs is 7. The largest absolute Gasteiger partial charge is 0.292 e. The summed E-state index contributed by atoms with van der Waals surface area (Å²) in [6.45, 7) is 9.11. The second-order valence-corrected chi connectivity index (χ2v) is 9.56. The molecular formula is C30H27N3. The van der Waals surface area contributed by atoms with E-state index in [4.69, 9.17) is 4.98 Å². The topological polar surface area (TPSA) is 30.2 Å². The van der Waals surface area contributed by atoms with Gasteiger partial charge in [0.15, 0.2) is 0 Å². The molecule has 0 saturated carbocycles. The van der Waals surface area contributed by atoms with E-state index in [9.17, 15) is 0 Å². The number of hydrogen-bond acceptors (Lipinski definition) is 2. The van der Waals surface area contributed by atoms with Crippen LogP contribution in [0, 0.1) is 0 Å². The Balaban J connectivity index is 1.86. The number of rotatable bonds is 3. The van der Waals surface area contributed by atoms with Crippen molar-refractivity contribution in [3.8, 4) is 11.3 Å². The van der Waals surface area contributed by atoms with Gasteiger partial charge in [0.2, 0.25) is 0 Å². The standard InChI is InChI=1S/C30H27N3/c1-18(2)22-10-7-11-23(19(3)4)29(22)28-17-32-30-25-9-6-5-8-24(25)26-14-20-12-13-31-16-21(20)15-27(26)33(28)30/h5-19H,1-4H3. The number of benzene rings is 3. The van der Waals surface area contributed by atoms with Crippen LogP contribution in [0.25, 0.3) is 49.4 Å². The van der Waals surface area contributed by atoms with Gasteiger partial charge in [-0.3, -0.25) is 9.38 Å². The second kappa shape index (κ2) is 7.41. The molecule has 0 radical (unpaired) electrons. The van der Waals surface area contributed by atoms with Gasteiger partial charge < -0.3 is 0 Å². The summed E-state index contributed by atoms with van der Waals surface area (Å²) in [6, 6.07) is 22.0. The summed E-state index contributed by atoms with van der Waals surface area (Å²) in [5.74, 6) is 0.835. The van der Waals surface area contributed by atoms with Gasteiger partial charge in [-0.15, -0.1) is 0 Å². The lowest BCUT2D eigenvalue weighted by atomic mass is 9.87. The third-order valence-electron chi connectivity index (χ3n) is 6.85. The van der Waals surface area contributed by atoms with Crippen LogP contribution in [0.2, 0.25) is 0 Å². The second-order valence-electron chi connectivity index (χ2n) is 9.56. The van der Waals surface area contributed by atoms with Crippen molar-refractivity contribution in [2.24, 2.45) is 0 Å². The number of nitrogens with zero attached hydrogens (tertiary/aromatic N) is 3. The summed E-state index contributed by atoms with van der Waals surface area (Å²) in [7, 11) is 0. The molecule has 0 saturated heterocycles. The Labute approximate surface area is 193 Å². The van der Waals surface area contributed by atoms with E-state index < -0.39 is 0 Å². The van der Waals surface area contributed by atoms with Gasteiger partial charge in [-0.1, -0.05) is 70.2 Å². The Morgan fingerprint density at radius 2 is 1.42 bits per heavy atom. The molecule has 6 aromatic rings. The lowest BCUT2D eigenvalue weighted by Crippen LogP contribution is -2.02. The van der Waals surface area contributed by atoms with Crippen molar-refractivity contribution in [1.29, 1.82) is 0 Å². The Kier molecular flexibility index (Phi) is 4.48. The van der Waals surface area contributed by atoms with Crippen LogP contribution >= 0.6 is 0 Å². The zero-order chi connectivity index (χ0) is 22.7. The number of hydrogen-bond donors (Lipinski definition) is 0. The third kappa shape index (κ3) is 2.96. The molecule has 3 aromatic heterocycles. The van der Waals surface area contributed by atoms with Crippen molar-refractivity contribution < 1.29 is 0 Å². The molecule has 3 aromatic carbocycles. The molecule has 3 heterocycles. The lowest BCUT2D eigenvalue weighted by Gasteiger charge is -2.20. The highest BCUT2D eigenvalue weighted by Gasteiger charge is 2.21. The third-order valence-corrected chi connectivity index (χ3v) is 6.85. The fourth-order valence-electron chi connectivity index (χ4n) is 5.25. The average molecular weight is 430 g/mol. The smallest absolute Gasteiger partial charge is 0.145 e. The van der Waals surface area contributed by atoms with Crippen LogP contribution in [0.1, 0.15) is 50.7 Å². The number of aromatic nitrogens is 3. The van der Waals surface area contributed by atoms with Gasteiger partial charge in [0.25, 0.3) is 0 Å². The Bertz CT molecular complexity index is 1650. The summed E-state index contributed by atoms with van der Waals surface area (Å²) < 4.78 is 2.37. The van der Waals surface area contributed by atoms with Gasteiger partial charge in [-0.25, -0.2) is 4.98 Å². The molecule has 0 amide bonds. The van der Waals surface area contributed by atoms with E-state index in [1.807, 2.05) is 12.4 Å². The SMILES string of the molecule is CC(C)c1cccc(C(C)C)c1-c1cnc2c3ccccc3c3cc4ccncc4cc3n12. The maximum Gasteiger partial charge on any atom is 0.145 e. The minimum atomic E-state index is 0.418. The fourth-order valence-corrected chi connectivity index (χ4v) is 5.25. The van der Waals surface area contributed by atoms with Gasteiger partial charge in [-0.05, 0) is 51.9 Å². The zero-order valence-electron chi connectivity index (χ0n) is 19.5. The van der Waals surface area contributed by atoms with E-state index >= 15 is 0 Å². The molecule has 0 fully saturated rings. The first-order valence-corrected chi connectivity index (χ1v) is 11.7. The maximum absolute atomic E-state index is 5.00. The van der Waals surface area contributed by atoms with E-state index in [2.05, 4.69) is 104 Å². The van der Waals surface area contributed by atoms with E-state index in [0.717, 1.165) is 16.7 Å². The van der Waals surface area contributed by atoms with Crippen LogP contribution in [-0.2, 0) is 0 Å². The van der Waals surface area contributed by atoms with Crippen LogP contribution in [0.5, 0.6) is 0 Å². The van der Waals surface area contributed by atoms with Crippen molar-refractivity contribution in [3.63, 3.8) is 0 Å². The van der Waals surface area contributed by atoms with Crippen molar-refractivity contribution in [3.05, 3.63) is 90.4 Å². The molecule has 162 valence electrons. The Morgan fingerprint density at radius 1 is 0.697 bits per heavy atom. The summed E-state index contributed by atoms with van der Waals surface area (Å²) in [5, 5.41) is 6.00. The lowest BCUT2D eigenvalue weighted by molar-refractivity contribution is 0.836. The maximum atomic E-state index is 5.00. The van der Waals surface area contributed by atoms with Crippen molar-refractivity contribution in [2.45, 2.75) is 39.5 Å². The highest BCUT2D eigenvalue weighted by atomic mass is 15.0. The molecule has 0 spiro atoms. The van der Waals surface area contributed by atoms with Crippen LogP contribution in [0.3, 0.4) is 0 Å². The molecule has 33 heavy (non-hydrogen) atoms. The molecule has 0 aliphatic rings. The molecular weight excluding hydrogens is 402 g/mol. The van der Waals surface area contributed by atoms with Gasteiger partial charge in [0.05, 0.1) is 17.4 Å². The molecule has 0 bridgehead atoms. The monoisotopic (exact) mass is 429 g/mol. The van der Waals surface area contributed by atoms with Gasteiger partial charge in [0, 0.05) is 34.1 Å². The predicted octanol–water partition coefficient (Wildman–Crippen LogP) is 8.10. The first-order valence-electron chi connectivity index (χ1n) is 11.7.